The highest BCUT2D eigenvalue weighted by molar-refractivity contribution is 5.86. The van der Waals surface area contributed by atoms with E-state index in [0.717, 1.165) is 0 Å². The van der Waals surface area contributed by atoms with Gasteiger partial charge in [-0.2, -0.15) is 0 Å². The van der Waals surface area contributed by atoms with E-state index in [4.69, 9.17) is 14.2 Å². The first-order valence-electron chi connectivity index (χ1n) is 8.23. The van der Waals surface area contributed by atoms with Crippen LogP contribution in [-0.4, -0.2) is 41.5 Å². The van der Waals surface area contributed by atoms with Crippen molar-refractivity contribution in [2.75, 3.05) is 6.61 Å². The van der Waals surface area contributed by atoms with Crippen LogP contribution in [0.15, 0.2) is 0 Å². The molecule has 23 heavy (non-hydrogen) atoms. The van der Waals surface area contributed by atoms with Crippen molar-refractivity contribution < 1.29 is 23.8 Å². The van der Waals surface area contributed by atoms with Crippen LogP contribution < -0.4 is 5.32 Å². The molecule has 0 heterocycles. The molecule has 1 N–H and O–H groups in total. The van der Waals surface area contributed by atoms with Gasteiger partial charge in [0, 0.05) is 6.42 Å². The van der Waals surface area contributed by atoms with Gasteiger partial charge < -0.3 is 19.5 Å². The van der Waals surface area contributed by atoms with Crippen LogP contribution in [0.1, 0.15) is 67.7 Å². The van der Waals surface area contributed by atoms with Gasteiger partial charge in [-0.3, -0.25) is 0 Å². The second-order valence-electron chi connectivity index (χ2n) is 8.02. The normalized spacial score (nSPS) is 25.1. The Hall–Kier alpha value is -1.30. The monoisotopic (exact) mass is 329 g/mol. The molecule has 6 nitrogen and oxygen atoms in total. The SMILES string of the molecule is CCOC(=O)C1(NC(=O)OC(C)(C)C)CCC(OC(C)(C)C)C1. The fourth-order valence-corrected chi connectivity index (χ4v) is 2.72. The number of nitrogens with one attached hydrogen (secondary N) is 1. The second kappa shape index (κ2) is 7.07. The molecule has 0 spiro atoms. The van der Waals surface area contributed by atoms with Crippen molar-refractivity contribution >= 4 is 12.1 Å². The molecule has 1 aliphatic carbocycles. The Labute approximate surface area is 139 Å². The number of rotatable bonds is 4. The first-order valence-corrected chi connectivity index (χ1v) is 8.23. The highest BCUT2D eigenvalue weighted by Gasteiger charge is 2.49. The minimum absolute atomic E-state index is 0.102. The molecule has 1 aliphatic rings. The van der Waals surface area contributed by atoms with Crippen LogP contribution in [0.25, 0.3) is 0 Å². The van der Waals surface area contributed by atoms with Crippen molar-refractivity contribution in [1.29, 1.82) is 0 Å². The smallest absolute Gasteiger partial charge is 0.408 e. The average molecular weight is 329 g/mol. The van der Waals surface area contributed by atoms with Gasteiger partial charge in [-0.25, -0.2) is 9.59 Å². The van der Waals surface area contributed by atoms with E-state index >= 15 is 0 Å². The molecule has 1 fully saturated rings. The van der Waals surface area contributed by atoms with Crippen molar-refractivity contribution in [1.82, 2.24) is 5.32 Å². The zero-order valence-corrected chi connectivity index (χ0v) is 15.4. The number of hydrogen-bond acceptors (Lipinski definition) is 5. The molecule has 2 unspecified atom stereocenters. The number of alkyl carbamates (subject to hydrolysis) is 1. The molecule has 0 aromatic heterocycles. The lowest BCUT2D eigenvalue weighted by Crippen LogP contribution is -2.55. The summed E-state index contributed by atoms with van der Waals surface area (Å²) in [6.45, 7) is 13.3. The predicted molar refractivity (Wildman–Crippen MR) is 87.2 cm³/mol. The van der Waals surface area contributed by atoms with Gasteiger partial charge in [0.2, 0.25) is 0 Å². The van der Waals surface area contributed by atoms with E-state index in [2.05, 4.69) is 5.32 Å². The van der Waals surface area contributed by atoms with Crippen molar-refractivity contribution in [3.05, 3.63) is 0 Å². The number of esters is 1. The van der Waals surface area contributed by atoms with Gasteiger partial charge in [0.05, 0.1) is 18.3 Å². The predicted octanol–water partition coefficient (Wildman–Crippen LogP) is 3.18. The number of carbonyl (C=O) groups is 2. The van der Waals surface area contributed by atoms with E-state index in [0.29, 0.717) is 19.3 Å². The van der Waals surface area contributed by atoms with E-state index in [9.17, 15) is 9.59 Å². The van der Waals surface area contributed by atoms with Gasteiger partial charge in [0.1, 0.15) is 11.1 Å². The van der Waals surface area contributed by atoms with E-state index in [1.54, 1.807) is 27.7 Å². The Bertz CT molecular complexity index is 435. The van der Waals surface area contributed by atoms with Gasteiger partial charge in [-0.05, 0) is 61.3 Å². The third-order valence-electron chi connectivity index (χ3n) is 3.40. The fraction of sp³-hybridized carbons (Fsp3) is 0.882. The molecule has 6 heteroatoms. The van der Waals surface area contributed by atoms with Crippen molar-refractivity contribution in [2.45, 2.75) is 90.6 Å². The van der Waals surface area contributed by atoms with Crippen LogP contribution in [0.2, 0.25) is 0 Å². The highest BCUT2D eigenvalue weighted by atomic mass is 16.6. The minimum atomic E-state index is -1.08. The summed E-state index contributed by atoms with van der Waals surface area (Å²) < 4.78 is 16.4. The highest BCUT2D eigenvalue weighted by Crippen LogP contribution is 2.35. The maximum atomic E-state index is 12.4. The molecule has 0 aromatic rings. The molecule has 1 saturated carbocycles. The topological polar surface area (TPSA) is 73.9 Å². The Morgan fingerprint density at radius 1 is 1.13 bits per heavy atom. The Morgan fingerprint density at radius 2 is 1.74 bits per heavy atom. The number of carbonyl (C=O) groups excluding carboxylic acids is 2. The third-order valence-corrected chi connectivity index (χ3v) is 3.40. The molecule has 134 valence electrons. The zero-order valence-electron chi connectivity index (χ0n) is 15.4. The lowest BCUT2D eigenvalue weighted by Gasteiger charge is -2.31. The van der Waals surface area contributed by atoms with Gasteiger partial charge in [0.15, 0.2) is 0 Å². The first-order chi connectivity index (χ1) is 10.4. The molecule has 0 aliphatic heterocycles. The van der Waals surface area contributed by atoms with Gasteiger partial charge in [-0.1, -0.05) is 0 Å². The summed E-state index contributed by atoms with van der Waals surface area (Å²) in [4.78, 5) is 24.6. The lowest BCUT2D eigenvalue weighted by atomic mass is 9.97. The molecule has 0 radical (unpaired) electrons. The van der Waals surface area contributed by atoms with Crippen molar-refractivity contribution in [2.24, 2.45) is 0 Å². The summed E-state index contributed by atoms with van der Waals surface area (Å²) in [6.07, 6.45) is 0.844. The summed E-state index contributed by atoms with van der Waals surface area (Å²) in [5, 5.41) is 2.73. The van der Waals surface area contributed by atoms with Crippen LogP contribution in [0, 0.1) is 0 Å². The van der Waals surface area contributed by atoms with Crippen molar-refractivity contribution in [3.63, 3.8) is 0 Å². The van der Waals surface area contributed by atoms with Gasteiger partial charge in [0.25, 0.3) is 0 Å². The number of amides is 1. The maximum absolute atomic E-state index is 12.4. The quantitative estimate of drug-likeness (QED) is 0.802. The second-order valence-corrected chi connectivity index (χ2v) is 8.02. The van der Waals surface area contributed by atoms with Gasteiger partial charge in [-0.15, -0.1) is 0 Å². The zero-order chi connectivity index (χ0) is 17.9. The summed E-state index contributed by atoms with van der Waals surface area (Å²) in [7, 11) is 0. The van der Waals surface area contributed by atoms with E-state index in [-0.39, 0.29) is 18.3 Å². The number of ether oxygens (including phenoxy) is 3. The van der Waals surface area contributed by atoms with Crippen LogP contribution in [0.5, 0.6) is 0 Å². The van der Waals surface area contributed by atoms with Gasteiger partial charge >= 0.3 is 12.1 Å². The summed E-state index contributed by atoms with van der Waals surface area (Å²) >= 11 is 0. The Balaban J connectivity index is 2.85. The maximum Gasteiger partial charge on any atom is 0.408 e. The molecule has 1 rings (SSSR count). The first kappa shape index (κ1) is 19.7. The standard InChI is InChI=1S/C17H31NO5/c1-8-21-13(19)17(18-14(20)23-16(5,6)7)10-9-12(11-17)22-15(2,3)4/h12H,8-11H2,1-7H3,(H,18,20). The molecule has 2 atom stereocenters. The molecule has 0 bridgehead atoms. The molecule has 1 amide bonds. The van der Waals surface area contributed by atoms with E-state index in [1.165, 1.54) is 0 Å². The third kappa shape index (κ3) is 6.37. The molecular weight excluding hydrogens is 298 g/mol. The van der Waals surface area contributed by atoms with Crippen LogP contribution >= 0.6 is 0 Å². The van der Waals surface area contributed by atoms with Crippen LogP contribution in [0.3, 0.4) is 0 Å². The molecule has 0 saturated heterocycles. The largest absolute Gasteiger partial charge is 0.464 e. The number of hydrogen-bond donors (Lipinski definition) is 1. The fourth-order valence-electron chi connectivity index (χ4n) is 2.72. The lowest BCUT2D eigenvalue weighted by molar-refractivity contribution is -0.152. The van der Waals surface area contributed by atoms with Crippen LogP contribution in [0.4, 0.5) is 4.79 Å². The molecular formula is C17H31NO5. The Kier molecular flexibility index (Phi) is 6.07. The summed E-state index contributed by atoms with van der Waals surface area (Å²) in [5.41, 5.74) is -2.00. The van der Waals surface area contributed by atoms with E-state index in [1.807, 2.05) is 20.8 Å². The van der Waals surface area contributed by atoms with E-state index < -0.39 is 23.2 Å². The Morgan fingerprint density at radius 3 is 2.22 bits per heavy atom. The minimum Gasteiger partial charge on any atom is -0.464 e. The van der Waals surface area contributed by atoms with Crippen LogP contribution in [-0.2, 0) is 19.0 Å². The summed E-state index contributed by atoms with van der Waals surface area (Å²) in [6, 6.07) is 0. The molecule has 0 aromatic carbocycles. The average Bonchev–Trinajstić information content (AvgIpc) is 2.68. The summed E-state index contributed by atoms with van der Waals surface area (Å²) in [5.74, 6) is -0.425. The van der Waals surface area contributed by atoms with Crippen molar-refractivity contribution in [3.8, 4) is 0 Å².